The SMILES string of the molecule is COCc1cc(CNC(=O)[C@H]2CCN[C@@H](C)C2)ccc1F.Cl. The Morgan fingerprint density at radius 1 is 1.50 bits per heavy atom. The van der Waals surface area contributed by atoms with Gasteiger partial charge >= 0.3 is 0 Å². The Balaban J connectivity index is 0.00000242. The second kappa shape index (κ2) is 9.08. The van der Waals surface area contributed by atoms with Gasteiger partial charge in [-0.1, -0.05) is 6.07 Å². The second-order valence-electron chi connectivity index (χ2n) is 5.65. The monoisotopic (exact) mass is 330 g/mol. The van der Waals surface area contributed by atoms with E-state index >= 15 is 0 Å². The van der Waals surface area contributed by atoms with Gasteiger partial charge in [0.05, 0.1) is 6.61 Å². The van der Waals surface area contributed by atoms with Crippen molar-refractivity contribution in [2.75, 3.05) is 13.7 Å². The molecule has 1 aromatic carbocycles. The van der Waals surface area contributed by atoms with E-state index < -0.39 is 0 Å². The average Bonchev–Trinajstić information content (AvgIpc) is 2.48. The quantitative estimate of drug-likeness (QED) is 0.871. The first kappa shape index (κ1) is 18.9. The molecule has 0 radical (unpaired) electrons. The van der Waals surface area contributed by atoms with E-state index in [1.165, 1.54) is 13.2 Å². The third-order valence-electron chi connectivity index (χ3n) is 3.87. The van der Waals surface area contributed by atoms with E-state index in [1.807, 2.05) is 0 Å². The minimum Gasteiger partial charge on any atom is -0.380 e. The normalized spacial score (nSPS) is 21.0. The van der Waals surface area contributed by atoms with Crippen molar-refractivity contribution in [3.05, 3.63) is 35.1 Å². The number of amides is 1. The Morgan fingerprint density at radius 2 is 2.27 bits per heavy atom. The van der Waals surface area contributed by atoms with Crippen molar-refractivity contribution in [1.82, 2.24) is 10.6 Å². The molecule has 2 rings (SSSR count). The lowest BCUT2D eigenvalue weighted by molar-refractivity contribution is -0.126. The fourth-order valence-electron chi connectivity index (χ4n) is 2.71. The molecule has 4 nitrogen and oxygen atoms in total. The van der Waals surface area contributed by atoms with Crippen molar-refractivity contribution in [3.8, 4) is 0 Å². The number of halogens is 2. The molecule has 0 aliphatic carbocycles. The number of benzene rings is 1. The summed E-state index contributed by atoms with van der Waals surface area (Å²) in [5.41, 5.74) is 1.40. The summed E-state index contributed by atoms with van der Waals surface area (Å²) in [6.45, 7) is 3.64. The highest BCUT2D eigenvalue weighted by molar-refractivity contribution is 5.85. The first-order valence-corrected chi connectivity index (χ1v) is 7.37. The Kier molecular flexibility index (Phi) is 7.79. The first-order chi connectivity index (χ1) is 10.1. The summed E-state index contributed by atoms with van der Waals surface area (Å²) in [6, 6.07) is 5.24. The lowest BCUT2D eigenvalue weighted by Gasteiger charge is -2.27. The van der Waals surface area contributed by atoms with Crippen LogP contribution < -0.4 is 10.6 Å². The molecule has 1 amide bonds. The van der Waals surface area contributed by atoms with Gasteiger partial charge in [-0.05, 0) is 44.0 Å². The van der Waals surface area contributed by atoms with Crippen LogP contribution in [0.1, 0.15) is 30.9 Å². The van der Waals surface area contributed by atoms with E-state index in [1.54, 1.807) is 12.1 Å². The number of hydrogen-bond donors (Lipinski definition) is 2. The summed E-state index contributed by atoms with van der Waals surface area (Å²) in [5.74, 6) is -0.125. The number of carbonyl (C=O) groups excluding carboxylic acids is 1. The third kappa shape index (κ3) is 5.23. The lowest BCUT2D eigenvalue weighted by Crippen LogP contribution is -2.42. The standard InChI is InChI=1S/C16H23FN2O2.ClH/c1-11-7-13(5-6-18-11)16(20)19-9-12-3-4-15(17)14(8-12)10-21-2;/h3-4,8,11,13,18H,5-7,9-10H2,1-2H3,(H,19,20);1H/t11-,13-;/m0./s1. The van der Waals surface area contributed by atoms with Crippen LogP contribution in [0.25, 0.3) is 0 Å². The fraction of sp³-hybridized carbons (Fsp3) is 0.562. The van der Waals surface area contributed by atoms with E-state index in [0.29, 0.717) is 18.2 Å². The lowest BCUT2D eigenvalue weighted by atomic mass is 9.92. The predicted octanol–water partition coefficient (Wildman–Crippen LogP) is 2.40. The molecule has 1 saturated heterocycles. The maximum absolute atomic E-state index is 13.5. The van der Waals surface area contributed by atoms with Gasteiger partial charge in [0, 0.05) is 31.2 Å². The highest BCUT2D eigenvalue weighted by Crippen LogP contribution is 2.17. The molecule has 2 N–H and O–H groups in total. The molecule has 0 unspecified atom stereocenters. The van der Waals surface area contributed by atoms with Gasteiger partial charge in [0.1, 0.15) is 5.82 Å². The van der Waals surface area contributed by atoms with Crippen LogP contribution in [0.15, 0.2) is 18.2 Å². The van der Waals surface area contributed by atoms with Crippen molar-refractivity contribution in [2.45, 2.75) is 39.0 Å². The zero-order valence-electron chi connectivity index (χ0n) is 13.0. The number of ether oxygens (including phenoxy) is 1. The summed E-state index contributed by atoms with van der Waals surface area (Å²) < 4.78 is 18.5. The van der Waals surface area contributed by atoms with Crippen LogP contribution in [0, 0.1) is 11.7 Å². The summed E-state index contributed by atoms with van der Waals surface area (Å²) >= 11 is 0. The van der Waals surface area contributed by atoms with Crippen molar-refractivity contribution >= 4 is 18.3 Å². The van der Waals surface area contributed by atoms with E-state index in [9.17, 15) is 9.18 Å². The largest absolute Gasteiger partial charge is 0.380 e. The third-order valence-corrected chi connectivity index (χ3v) is 3.87. The van der Waals surface area contributed by atoms with Crippen molar-refractivity contribution in [2.24, 2.45) is 5.92 Å². The molecule has 0 aromatic heterocycles. The molecule has 0 bridgehead atoms. The highest BCUT2D eigenvalue weighted by atomic mass is 35.5. The van der Waals surface area contributed by atoms with Gasteiger partial charge in [-0.2, -0.15) is 0 Å². The summed E-state index contributed by atoms with van der Waals surface area (Å²) in [6.07, 6.45) is 1.73. The molecule has 0 spiro atoms. The van der Waals surface area contributed by atoms with Crippen molar-refractivity contribution < 1.29 is 13.9 Å². The molecule has 22 heavy (non-hydrogen) atoms. The van der Waals surface area contributed by atoms with Gasteiger partial charge in [0.15, 0.2) is 0 Å². The Bertz CT molecular complexity index is 499. The molecule has 6 heteroatoms. The molecule has 2 atom stereocenters. The molecular formula is C16H24ClFN2O2. The van der Waals surface area contributed by atoms with Crippen LogP contribution in [-0.4, -0.2) is 25.6 Å². The minimum absolute atomic E-state index is 0. The molecule has 1 aliphatic heterocycles. The fourth-order valence-corrected chi connectivity index (χ4v) is 2.71. The van der Waals surface area contributed by atoms with E-state index in [-0.39, 0.29) is 36.7 Å². The second-order valence-corrected chi connectivity index (χ2v) is 5.65. The zero-order chi connectivity index (χ0) is 15.2. The average molecular weight is 331 g/mol. The molecule has 0 saturated carbocycles. The van der Waals surface area contributed by atoms with Gasteiger partial charge in [0.25, 0.3) is 0 Å². The topological polar surface area (TPSA) is 50.4 Å². The maximum atomic E-state index is 13.5. The molecule has 1 aliphatic rings. The first-order valence-electron chi connectivity index (χ1n) is 7.37. The smallest absolute Gasteiger partial charge is 0.223 e. The van der Waals surface area contributed by atoms with Crippen LogP contribution in [-0.2, 0) is 22.7 Å². The minimum atomic E-state index is -0.279. The van der Waals surface area contributed by atoms with Gasteiger partial charge in [0.2, 0.25) is 5.91 Å². The van der Waals surface area contributed by atoms with Crippen LogP contribution in [0.5, 0.6) is 0 Å². The van der Waals surface area contributed by atoms with Gasteiger partial charge < -0.3 is 15.4 Å². The van der Waals surface area contributed by atoms with Crippen LogP contribution in [0.4, 0.5) is 4.39 Å². The van der Waals surface area contributed by atoms with E-state index in [2.05, 4.69) is 17.6 Å². The number of rotatable bonds is 5. The highest BCUT2D eigenvalue weighted by Gasteiger charge is 2.24. The van der Waals surface area contributed by atoms with Crippen LogP contribution >= 0.6 is 12.4 Å². The van der Waals surface area contributed by atoms with Crippen molar-refractivity contribution in [3.63, 3.8) is 0 Å². The Labute approximate surface area is 137 Å². The number of piperidine rings is 1. The van der Waals surface area contributed by atoms with Gasteiger partial charge in [-0.3, -0.25) is 4.79 Å². The Hall–Kier alpha value is -1.17. The maximum Gasteiger partial charge on any atom is 0.223 e. The molecule has 1 aromatic rings. The van der Waals surface area contributed by atoms with Crippen molar-refractivity contribution in [1.29, 1.82) is 0 Å². The number of methoxy groups -OCH3 is 1. The van der Waals surface area contributed by atoms with Crippen LogP contribution in [0.2, 0.25) is 0 Å². The summed E-state index contributed by atoms with van der Waals surface area (Å²) in [7, 11) is 1.53. The van der Waals surface area contributed by atoms with Crippen LogP contribution in [0.3, 0.4) is 0 Å². The van der Waals surface area contributed by atoms with E-state index in [4.69, 9.17) is 4.74 Å². The summed E-state index contributed by atoms with van der Waals surface area (Å²) in [5, 5.41) is 6.28. The molecular weight excluding hydrogens is 307 g/mol. The number of carbonyl (C=O) groups is 1. The van der Waals surface area contributed by atoms with Gasteiger partial charge in [-0.25, -0.2) is 4.39 Å². The van der Waals surface area contributed by atoms with E-state index in [0.717, 1.165) is 24.9 Å². The Morgan fingerprint density at radius 3 is 2.95 bits per heavy atom. The van der Waals surface area contributed by atoms with Gasteiger partial charge in [-0.15, -0.1) is 12.4 Å². The predicted molar refractivity (Wildman–Crippen MR) is 86.4 cm³/mol. The molecule has 1 fully saturated rings. The number of nitrogens with one attached hydrogen (secondary N) is 2. The molecule has 124 valence electrons. The zero-order valence-corrected chi connectivity index (χ0v) is 13.8. The molecule has 1 heterocycles. The summed E-state index contributed by atoms with van der Waals surface area (Å²) in [4.78, 5) is 12.2. The number of hydrogen-bond acceptors (Lipinski definition) is 3.